The van der Waals surface area contributed by atoms with Crippen molar-refractivity contribution >= 4 is 23.2 Å². The van der Waals surface area contributed by atoms with Gasteiger partial charge < -0.3 is 11.1 Å². The van der Waals surface area contributed by atoms with E-state index in [4.69, 9.17) is 23.8 Å². The molecule has 0 aromatic heterocycles. The molecule has 3 N–H and O–H groups in total. The molecule has 0 atom stereocenters. The zero-order valence-corrected chi connectivity index (χ0v) is 10.2. The summed E-state index contributed by atoms with van der Waals surface area (Å²) in [5.41, 5.74) is 4.34. The van der Waals surface area contributed by atoms with Crippen molar-refractivity contribution in [1.29, 1.82) is 0 Å². The van der Waals surface area contributed by atoms with Crippen molar-refractivity contribution in [2.75, 3.05) is 5.73 Å². The fraction of sp³-hybridized carbons (Fsp3) is 0.250. The van der Waals surface area contributed by atoms with Crippen LogP contribution in [-0.4, -0.2) is 11.4 Å². The summed E-state index contributed by atoms with van der Waals surface area (Å²) in [6.45, 7) is 3.28. The molecule has 0 heterocycles. The molecule has 0 aliphatic carbocycles. The molecule has 0 spiro atoms. The average Bonchev–Trinajstić information content (AvgIpc) is 2.22. The van der Waals surface area contributed by atoms with Crippen LogP contribution in [0.1, 0.15) is 24.2 Å². The summed E-state index contributed by atoms with van der Waals surface area (Å²) >= 11 is 5.66. The Bertz CT molecular complexity index is 506. The predicted molar refractivity (Wildman–Crippen MR) is 66.2 cm³/mol. The van der Waals surface area contributed by atoms with Gasteiger partial charge in [-0.05, 0) is 26.0 Å². The highest BCUT2D eigenvalue weighted by Crippen LogP contribution is 2.22. The molecule has 0 unspecified atom stereocenters. The van der Waals surface area contributed by atoms with Gasteiger partial charge in [-0.15, -0.1) is 6.42 Å². The summed E-state index contributed by atoms with van der Waals surface area (Å²) in [6.07, 6.45) is 5.23. The molecule has 0 aliphatic heterocycles. The lowest BCUT2D eigenvalue weighted by atomic mass is 10.1. The molecule has 0 aliphatic rings. The molecule has 1 rings (SSSR count). The van der Waals surface area contributed by atoms with Gasteiger partial charge in [0, 0.05) is 5.02 Å². The van der Waals surface area contributed by atoms with Crippen LogP contribution in [0.4, 0.5) is 10.1 Å². The molecule has 0 saturated heterocycles. The third-order valence-corrected chi connectivity index (χ3v) is 2.34. The molecule has 3 nitrogen and oxygen atoms in total. The highest BCUT2D eigenvalue weighted by atomic mass is 35.5. The molecule has 1 aromatic carbocycles. The number of carbonyl (C=O) groups is 1. The normalized spacial score (nSPS) is 10.8. The van der Waals surface area contributed by atoms with Crippen molar-refractivity contribution in [2.45, 2.75) is 19.4 Å². The molecule has 0 fully saturated rings. The quantitative estimate of drug-likeness (QED) is 0.628. The van der Waals surface area contributed by atoms with E-state index in [0.29, 0.717) is 0 Å². The number of nitrogens with one attached hydrogen (secondary N) is 1. The van der Waals surface area contributed by atoms with Gasteiger partial charge in [-0.25, -0.2) is 4.39 Å². The number of nitrogens with two attached hydrogens (primary N) is 1. The van der Waals surface area contributed by atoms with Crippen molar-refractivity contribution in [3.63, 3.8) is 0 Å². The van der Waals surface area contributed by atoms with Crippen molar-refractivity contribution in [3.8, 4) is 12.3 Å². The monoisotopic (exact) mass is 254 g/mol. The Morgan fingerprint density at radius 1 is 1.59 bits per heavy atom. The maximum absolute atomic E-state index is 13.3. The van der Waals surface area contributed by atoms with E-state index in [2.05, 4.69) is 11.2 Å². The first-order valence-electron chi connectivity index (χ1n) is 4.81. The SMILES string of the molecule is C#CC(C)(C)NC(=O)c1cc(Cl)cc(F)c1N. The third kappa shape index (κ3) is 3.11. The molecule has 1 amide bonds. The van der Waals surface area contributed by atoms with Gasteiger partial charge in [-0.3, -0.25) is 4.79 Å². The maximum Gasteiger partial charge on any atom is 0.254 e. The summed E-state index contributed by atoms with van der Waals surface area (Å²) < 4.78 is 13.3. The number of hydrogen-bond acceptors (Lipinski definition) is 2. The number of benzene rings is 1. The lowest BCUT2D eigenvalue weighted by molar-refractivity contribution is 0.0930. The fourth-order valence-electron chi connectivity index (χ4n) is 1.16. The standard InChI is InChI=1S/C12H12ClFN2O/c1-4-12(2,3)16-11(17)8-5-7(13)6-9(14)10(8)15/h1,5-6H,15H2,2-3H3,(H,16,17). The number of amides is 1. The number of nitrogen functional groups attached to an aromatic ring is 1. The zero-order valence-electron chi connectivity index (χ0n) is 9.47. The van der Waals surface area contributed by atoms with Gasteiger partial charge in [-0.1, -0.05) is 17.5 Å². The maximum atomic E-state index is 13.3. The summed E-state index contributed by atoms with van der Waals surface area (Å²) in [6, 6.07) is 2.34. The first-order chi connectivity index (χ1) is 7.76. The van der Waals surface area contributed by atoms with Gasteiger partial charge in [0.1, 0.15) is 5.82 Å². The van der Waals surface area contributed by atoms with Crippen LogP contribution < -0.4 is 11.1 Å². The smallest absolute Gasteiger partial charge is 0.254 e. The molecule has 0 bridgehead atoms. The van der Waals surface area contributed by atoms with E-state index in [0.717, 1.165) is 6.07 Å². The number of rotatable bonds is 2. The zero-order chi connectivity index (χ0) is 13.2. The van der Waals surface area contributed by atoms with Crippen molar-refractivity contribution in [3.05, 3.63) is 28.5 Å². The highest BCUT2D eigenvalue weighted by Gasteiger charge is 2.21. The Morgan fingerprint density at radius 3 is 2.71 bits per heavy atom. The van der Waals surface area contributed by atoms with Crippen molar-refractivity contribution in [1.82, 2.24) is 5.32 Å². The highest BCUT2D eigenvalue weighted by molar-refractivity contribution is 6.31. The lowest BCUT2D eigenvalue weighted by Crippen LogP contribution is -2.42. The van der Waals surface area contributed by atoms with Gasteiger partial charge in [0.15, 0.2) is 0 Å². The van der Waals surface area contributed by atoms with E-state index in [-0.39, 0.29) is 16.3 Å². The molecule has 5 heteroatoms. The number of halogens is 2. The van der Waals surface area contributed by atoms with Crippen LogP contribution in [0.3, 0.4) is 0 Å². The second-order valence-electron chi connectivity index (χ2n) is 4.07. The van der Waals surface area contributed by atoms with Gasteiger partial charge in [0.25, 0.3) is 5.91 Å². The van der Waals surface area contributed by atoms with Crippen LogP contribution in [0.2, 0.25) is 5.02 Å². The van der Waals surface area contributed by atoms with Gasteiger partial charge >= 0.3 is 0 Å². The predicted octanol–water partition coefficient (Wildman–Crippen LogP) is 2.20. The lowest BCUT2D eigenvalue weighted by Gasteiger charge is -2.20. The Labute approximate surface area is 104 Å². The Balaban J connectivity index is 3.10. The van der Waals surface area contributed by atoms with Crippen LogP contribution in [0.5, 0.6) is 0 Å². The molecule has 90 valence electrons. The molecular formula is C12H12ClFN2O. The summed E-state index contributed by atoms with van der Waals surface area (Å²) in [5, 5.41) is 2.63. The molecule has 17 heavy (non-hydrogen) atoms. The van der Waals surface area contributed by atoms with Gasteiger partial charge in [0.05, 0.1) is 16.8 Å². The van der Waals surface area contributed by atoms with E-state index in [1.165, 1.54) is 6.07 Å². The van der Waals surface area contributed by atoms with E-state index in [9.17, 15) is 9.18 Å². The molecule has 0 radical (unpaired) electrons. The number of hydrogen-bond donors (Lipinski definition) is 2. The minimum absolute atomic E-state index is 0.0293. The van der Waals surface area contributed by atoms with Crippen LogP contribution in [0.25, 0.3) is 0 Å². The van der Waals surface area contributed by atoms with E-state index < -0.39 is 17.3 Å². The van der Waals surface area contributed by atoms with Crippen LogP contribution in [-0.2, 0) is 0 Å². The number of anilines is 1. The summed E-state index contributed by atoms with van der Waals surface area (Å²) in [4.78, 5) is 11.8. The second-order valence-corrected chi connectivity index (χ2v) is 4.51. The topological polar surface area (TPSA) is 55.1 Å². The molecular weight excluding hydrogens is 243 g/mol. The summed E-state index contributed by atoms with van der Waals surface area (Å²) in [5.74, 6) is 1.09. The number of terminal acetylenes is 1. The van der Waals surface area contributed by atoms with E-state index in [1.807, 2.05) is 0 Å². The number of carbonyl (C=O) groups excluding carboxylic acids is 1. The van der Waals surface area contributed by atoms with Gasteiger partial charge in [0.2, 0.25) is 0 Å². The van der Waals surface area contributed by atoms with Gasteiger partial charge in [-0.2, -0.15) is 0 Å². The van der Waals surface area contributed by atoms with E-state index >= 15 is 0 Å². The average molecular weight is 255 g/mol. The van der Waals surface area contributed by atoms with Crippen molar-refractivity contribution < 1.29 is 9.18 Å². The second kappa shape index (κ2) is 4.64. The first-order valence-corrected chi connectivity index (χ1v) is 5.19. The first kappa shape index (κ1) is 13.3. The Morgan fingerprint density at radius 2 is 2.18 bits per heavy atom. The largest absolute Gasteiger partial charge is 0.396 e. The van der Waals surface area contributed by atoms with E-state index in [1.54, 1.807) is 13.8 Å². The molecule has 1 aromatic rings. The third-order valence-electron chi connectivity index (χ3n) is 2.13. The minimum Gasteiger partial charge on any atom is -0.396 e. The Kier molecular flexibility index (Phi) is 3.64. The minimum atomic E-state index is -0.845. The molecule has 0 saturated carbocycles. The van der Waals surface area contributed by atoms with Crippen LogP contribution in [0, 0.1) is 18.2 Å². The van der Waals surface area contributed by atoms with Crippen LogP contribution in [0.15, 0.2) is 12.1 Å². The Hall–Kier alpha value is -1.73. The van der Waals surface area contributed by atoms with Crippen LogP contribution >= 0.6 is 11.6 Å². The summed E-state index contributed by atoms with van der Waals surface area (Å²) in [7, 11) is 0. The fourth-order valence-corrected chi connectivity index (χ4v) is 1.36. The van der Waals surface area contributed by atoms with Crippen molar-refractivity contribution in [2.24, 2.45) is 0 Å².